The van der Waals surface area contributed by atoms with Gasteiger partial charge in [0, 0.05) is 30.6 Å². The summed E-state index contributed by atoms with van der Waals surface area (Å²) in [6, 6.07) is 7.69. The van der Waals surface area contributed by atoms with E-state index in [-0.39, 0.29) is 0 Å². The minimum absolute atomic E-state index is 0.662. The third-order valence-corrected chi connectivity index (χ3v) is 3.37. The first-order valence-corrected chi connectivity index (χ1v) is 6.58. The second kappa shape index (κ2) is 6.43. The molecule has 0 aliphatic carbocycles. The minimum Gasteiger partial charge on any atom is -0.497 e. The van der Waals surface area contributed by atoms with E-state index in [1.807, 2.05) is 24.3 Å². The highest BCUT2D eigenvalue weighted by atomic mass is 79.9. The highest BCUT2D eigenvalue weighted by Crippen LogP contribution is 2.26. The molecule has 0 aliphatic rings. The molecule has 0 saturated carbocycles. The summed E-state index contributed by atoms with van der Waals surface area (Å²) in [4.78, 5) is 4.03. The number of halogens is 1. The molecule has 0 aliphatic heterocycles. The van der Waals surface area contributed by atoms with Gasteiger partial charge in [0.25, 0.3) is 0 Å². The van der Waals surface area contributed by atoms with E-state index >= 15 is 0 Å². The summed E-state index contributed by atoms with van der Waals surface area (Å²) in [7, 11) is 3.29. The van der Waals surface area contributed by atoms with E-state index < -0.39 is 0 Å². The molecule has 2 rings (SSSR count). The van der Waals surface area contributed by atoms with Crippen molar-refractivity contribution in [2.24, 2.45) is 0 Å². The summed E-state index contributed by atoms with van der Waals surface area (Å²) in [6.07, 6.45) is 3.51. The van der Waals surface area contributed by atoms with E-state index in [0.29, 0.717) is 6.54 Å². The Hall–Kier alpha value is -1.75. The van der Waals surface area contributed by atoms with Crippen molar-refractivity contribution in [1.82, 2.24) is 4.98 Å². The smallest absolute Gasteiger partial charge is 0.127 e. The van der Waals surface area contributed by atoms with Crippen LogP contribution in [0, 0.1) is 0 Å². The van der Waals surface area contributed by atoms with E-state index in [1.165, 1.54) is 0 Å². The predicted molar refractivity (Wildman–Crippen MR) is 78.8 cm³/mol. The fourth-order valence-electron chi connectivity index (χ4n) is 1.71. The van der Waals surface area contributed by atoms with Crippen molar-refractivity contribution >= 4 is 21.6 Å². The van der Waals surface area contributed by atoms with Crippen molar-refractivity contribution in [3.63, 3.8) is 0 Å². The average molecular weight is 323 g/mol. The van der Waals surface area contributed by atoms with Crippen LogP contribution in [0.2, 0.25) is 0 Å². The van der Waals surface area contributed by atoms with Crippen LogP contribution in [-0.2, 0) is 6.54 Å². The Balaban J connectivity index is 2.13. The number of ether oxygens (including phenoxy) is 2. The van der Waals surface area contributed by atoms with Crippen LogP contribution in [0.25, 0.3) is 0 Å². The lowest BCUT2D eigenvalue weighted by atomic mass is 10.2. The number of hydrogen-bond donors (Lipinski definition) is 1. The van der Waals surface area contributed by atoms with Crippen LogP contribution in [0.1, 0.15) is 5.56 Å². The number of aromatic nitrogens is 1. The molecule has 5 heteroatoms. The molecule has 1 aromatic heterocycles. The van der Waals surface area contributed by atoms with Crippen molar-refractivity contribution in [2.45, 2.75) is 6.54 Å². The second-order valence-electron chi connectivity index (χ2n) is 3.89. The summed E-state index contributed by atoms with van der Waals surface area (Å²) in [5.74, 6) is 1.59. The molecule has 1 heterocycles. The second-order valence-corrected chi connectivity index (χ2v) is 4.74. The monoisotopic (exact) mass is 322 g/mol. The van der Waals surface area contributed by atoms with Crippen LogP contribution in [0.3, 0.4) is 0 Å². The van der Waals surface area contributed by atoms with Crippen molar-refractivity contribution < 1.29 is 9.47 Å². The highest BCUT2D eigenvalue weighted by molar-refractivity contribution is 9.10. The summed E-state index contributed by atoms with van der Waals surface area (Å²) in [5, 5.41) is 3.33. The zero-order chi connectivity index (χ0) is 13.7. The van der Waals surface area contributed by atoms with E-state index in [9.17, 15) is 0 Å². The Labute approximate surface area is 120 Å². The van der Waals surface area contributed by atoms with E-state index in [1.54, 1.807) is 26.6 Å². The molecule has 4 nitrogen and oxygen atoms in total. The molecule has 0 atom stereocenters. The zero-order valence-corrected chi connectivity index (χ0v) is 12.4. The topological polar surface area (TPSA) is 43.4 Å². The highest BCUT2D eigenvalue weighted by Gasteiger charge is 2.06. The maximum absolute atomic E-state index is 5.36. The maximum atomic E-state index is 5.36. The summed E-state index contributed by atoms with van der Waals surface area (Å²) < 4.78 is 11.5. The van der Waals surface area contributed by atoms with Gasteiger partial charge in [-0.25, -0.2) is 0 Å². The van der Waals surface area contributed by atoms with Gasteiger partial charge in [0.1, 0.15) is 11.5 Å². The molecule has 1 N–H and O–H groups in total. The van der Waals surface area contributed by atoms with Crippen molar-refractivity contribution in [3.8, 4) is 11.5 Å². The molecule has 0 spiro atoms. The quantitative estimate of drug-likeness (QED) is 0.915. The molecule has 0 amide bonds. The largest absolute Gasteiger partial charge is 0.497 e. The van der Waals surface area contributed by atoms with Crippen LogP contribution < -0.4 is 14.8 Å². The molecular formula is C14H15BrN2O2. The lowest BCUT2D eigenvalue weighted by Crippen LogP contribution is -2.02. The Morgan fingerprint density at radius 3 is 2.74 bits per heavy atom. The lowest BCUT2D eigenvalue weighted by molar-refractivity contribution is 0.391. The first-order valence-electron chi connectivity index (χ1n) is 5.79. The van der Waals surface area contributed by atoms with Gasteiger partial charge in [-0.2, -0.15) is 0 Å². The molecule has 2 aromatic rings. The van der Waals surface area contributed by atoms with Crippen LogP contribution in [0.15, 0.2) is 41.1 Å². The first-order chi connectivity index (χ1) is 9.24. The van der Waals surface area contributed by atoms with Crippen LogP contribution in [-0.4, -0.2) is 19.2 Å². The normalized spacial score (nSPS) is 10.1. The number of nitrogens with zero attached hydrogens (tertiary/aromatic N) is 1. The summed E-state index contributed by atoms with van der Waals surface area (Å²) >= 11 is 3.45. The maximum Gasteiger partial charge on any atom is 0.127 e. The third kappa shape index (κ3) is 3.38. The molecule has 0 saturated heterocycles. The molecule has 0 fully saturated rings. The number of rotatable bonds is 5. The van der Waals surface area contributed by atoms with Crippen LogP contribution in [0.5, 0.6) is 11.5 Å². The van der Waals surface area contributed by atoms with E-state index in [4.69, 9.17) is 9.47 Å². The Morgan fingerprint density at radius 2 is 2.05 bits per heavy atom. The van der Waals surface area contributed by atoms with Gasteiger partial charge < -0.3 is 14.8 Å². The molecular weight excluding hydrogens is 308 g/mol. The SMILES string of the molecule is COc1ccc(CNc2ccncc2Br)c(OC)c1. The van der Waals surface area contributed by atoms with Crippen LogP contribution >= 0.6 is 15.9 Å². The first kappa shape index (κ1) is 13.7. The van der Waals surface area contributed by atoms with Gasteiger partial charge in [-0.1, -0.05) is 0 Å². The molecule has 100 valence electrons. The number of anilines is 1. The minimum atomic E-state index is 0.662. The standard InChI is InChI=1S/C14H15BrN2O2/c1-18-11-4-3-10(14(7-11)19-2)8-17-13-5-6-16-9-12(13)15/h3-7,9H,8H2,1-2H3,(H,16,17). The average Bonchev–Trinajstić information content (AvgIpc) is 2.46. The zero-order valence-electron chi connectivity index (χ0n) is 10.8. The molecule has 0 bridgehead atoms. The van der Waals surface area contributed by atoms with Gasteiger partial charge in [0.2, 0.25) is 0 Å². The number of benzene rings is 1. The number of methoxy groups -OCH3 is 2. The number of pyridine rings is 1. The van der Waals surface area contributed by atoms with E-state index in [0.717, 1.165) is 27.2 Å². The van der Waals surface area contributed by atoms with E-state index in [2.05, 4.69) is 26.2 Å². The molecule has 19 heavy (non-hydrogen) atoms. The summed E-state index contributed by atoms with van der Waals surface area (Å²) in [6.45, 7) is 0.662. The van der Waals surface area contributed by atoms with Gasteiger partial charge in [-0.15, -0.1) is 0 Å². The Morgan fingerprint density at radius 1 is 1.21 bits per heavy atom. The third-order valence-electron chi connectivity index (χ3n) is 2.74. The van der Waals surface area contributed by atoms with Crippen LogP contribution in [0.4, 0.5) is 5.69 Å². The molecule has 1 aromatic carbocycles. The van der Waals surface area contributed by atoms with Crippen molar-refractivity contribution in [3.05, 3.63) is 46.7 Å². The molecule has 0 unspecified atom stereocenters. The Bertz CT molecular complexity index is 561. The fraction of sp³-hybridized carbons (Fsp3) is 0.214. The fourth-order valence-corrected chi connectivity index (χ4v) is 2.10. The van der Waals surface area contributed by atoms with Gasteiger partial charge in [0.05, 0.1) is 24.4 Å². The van der Waals surface area contributed by atoms with Gasteiger partial charge in [-0.3, -0.25) is 4.98 Å². The number of nitrogens with one attached hydrogen (secondary N) is 1. The Kier molecular flexibility index (Phi) is 4.63. The molecule has 0 radical (unpaired) electrons. The lowest BCUT2D eigenvalue weighted by Gasteiger charge is -2.12. The number of hydrogen-bond acceptors (Lipinski definition) is 4. The summed E-state index contributed by atoms with van der Waals surface area (Å²) in [5.41, 5.74) is 2.06. The van der Waals surface area contributed by atoms with Crippen molar-refractivity contribution in [2.75, 3.05) is 19.5 Å². The van der Waals surface area contributed by atoms with Gasteiger partial charge in [-0.05, 0) is 34.1 Å². The van der Waals surface area contributed by atoms with Crippen molar-refractivity contribution in [1.29, 1.82) is 0 Å². The van der Waals surface area contributed by atoms with Gasteiger partial charge >= 0.3 is 0 Å². The van der Waals surface area contributed by atoms with Gasteiger partial charge in [0.15, 0.2) is 0 Å². The predicted octanol–water partition coefficient (Wildman–Crippen LogP) is 3.47.